The number of methoxy groups -OCH3 is 2. The summed E-state index contributed by atoms with van der Waals surface area (Å²) in [5.74, 6) is 1.48. The number of likely N-dealkylation sites (N-methyl/N-ethyl adjacent to an activating group) is 1. The van der Waals surface area contributed by atoms with Gasteiger partial charge in [-0.1, -0.05) is 0 Å². The highest BCUT2D eigenvalue weighted by Gasteiger charge is 2.24. The molecule has 0 radical (unpaired) electrons. The summed E-state index contributed by atoms with van der Waals surface area (Å²) < 4.78 is 37.3. The molecule has 0 fully saturated rings. The molecule has 2 aromatic rings. The van der Waals surface area contributed by atoms with Crippen molar-refractivity contribution in [1.82, 2.24) is 19.4 Å². The van der Waals surface area contributed by atoms with Gasteiger partial charge in [0, 0.05) is 25.5 Å². The van der Waals surface area contributed by atoms with Gasteiger partial charge in [-0.2, -0.15) is 8.78 Å². The van der Waals surface area contributed by atoms with Gasteiger partial charge in [-0.25, -0.2) is 4.98 Å². The Morgan fingerprint density at radius 3 is 2.57 bits per heavy atom. The van der Waals surface area contributed by atoms with E-state index in [1.165, 1.54) is 12.4 Å². The van der Waals surface area contributed by atoms with E-state index in [1.54, 1.807) is 31.1 Å². The second kappa shape index (κ2) is 8.55. The number of carbonyl (C=O) groups excluding carboxylic acids is 1. The van der Waals surface area contributed by atoms with Gasteiger partial charge in [-0.05, 0) is 36.7 Å². The number of nitrogens with zero attached hydrogens (tertiary/aromatic N) is 4. The fraction of sp³-hybridized carbons (Fsp3) is 0.474. The molecule has 0 saturated heterocycles. The van der Waals surface area contributed by atoms with Crippen molar-refractivity contribution in [3.8, 4) is 11.5 Å². The standard InChI is InChI=1S/C19H24F2N4O3/c1-23(11-17-22-5-7-25(17)19(20)21)12-18(26)24-6-4-13-8-15(27-2)16(28-3)9-14(13)10-24/h5,7-9,19H,4,6,10-12H2,1-3H3. The van der Waals surface area contributed by atoms with Gasteiger partial charge in [0.15, 0.2) is 11.5 Å². The van der Waals surface area contributed by atoms with Crippen LogP contribution in [0.2, 0.25) is 0 Å². The molecule has 0 atom stereocenters. The summed E-state index contributed by atoms with van der Waals surface area (Å²) in [6, 6.07) is 3.85. The number of benzene rings is 1. The van der Waals surface area contributed by atoms with E-state index in [-0.39, 0.29) is 24.8 Å². The highest BCUT2D eigenvalue weighted by molar-refractivity contribution is 5.78. The predicted molar refractivity (Wildman–Crippen MR) is 98.5 cm³/mol. The molecule has 0 unspecified atom stereocenters. The van der Waals surface area contributed by atoms with Gasteiger partial charge in [0.05, 0.1) is 27.3 Å². The maximum Gasteiger partial charge on any atom is 0.319 e. The smallest absolute Gasteiger partial charge is 0.319 e. The van der Waals surface area contributed by atoms with Crippen LogP contribution in [-0.2, 0) is 24.3 Å². The van der Waals surface area contributed by atoms with Crippen LogP contribution in [0.4, 0.5) is 8.78 Å². The van der Waals surface area contributed by atoms with E-state index in [1.807, 2.05) is 12.1 Å². The van der Waals surface area contributed by atoms with E-state index in [4.69, 9.17) is 9.47 Å². The van der Waals surface area contributed by atoms with E-state index in [0.717, 1.165) is 22.1 Å². The first-order valence-electron chi connectivity index (χ1n) is 8.93. The number of hydrogen-bond donors (Lipinski definition) is 0. The van der Waals surface area contributed by atoms with Gasteiger partial charge in [0.1, 0.15) is 5.82 Å². The molecular weight excluding hydrogens is 370 g/mol. The molecule has 152 valence electrons. The average Bonchev–Trinajstić information content (AvgIpc) is 3.14. The van der Waals surface area contributed by atoms with Crippen molar-refractivity contribution in [2.45, 2.75) is 26.1 Å². The first kappa shape index (κ1) is 20.1. The third kappa shape index (κ3) is 4.24. The largest absolute Gasteiger partial charge is 0.493 e. The van der Waals surface area contributed by atoms with E-state index in [0.29, 0.717) is 24.6 Å². The topological polar surface area (TPSA) is 59.8 Å². The van der Waals surface area contributed by atoms with Crippen LogP contribution in [0.3, 0.4) is 0 Å². The fourth-order valence-corrected chi connectivity index (χ4v) is 3.37. The van der Waals surface area contributed by atoms with Crippen molar-refractivity contribution in [3.63, 3.8) is 0 Å². The third-order valence-corrected chi connectivity index (χ3v) is 4.85. The number of carbonyl (C=O) groups is 1. The van der Waals surface area contributed by atoms with Crippen LogP contribution < -0.4 is 9.47 Å². The molecule has 28 heavy (non-hydrogen) atoms. The lowest BCUT2D eigenvalue weighted by Crippen LogP contribution is -2.41. The van der Waals surface area contributed by atoms with E-state index < -0.39 is 6.55 Å². The van der Waals surface area contributed by atoms with Crippen molar-refractivity contribution in [2.75, 3.05) is 34.4 Å². The number of rotatable bonds is 7. The summed E-state index contributed by atoms with van der Waals surface area (Å²) in [7, 11) is 4.89. The molecule has 3 rings (SSSR count). The van der Waals surface area contributed by atoms with Crippen LogP contribution in [0.15, 0.2) is 24.5 Å². The van der Waals surface area contributed by atoms with Gasteiger partial charge < -0.3 is 14.4 Å². The molecule has 0 aliphatic carbocycles. The first-order valence-corrected chi connectivity index (χ1v) is 8.93. The number of alkyl halides is 2. The molecule has 0 saturated carbocycles. The quantitative estimate of drug-likeness (QED) is 0.721. The van der Waals surface area contributed by atoms with Gasteiger partial charge >= 0.3 is 6.55 Å². The van der Waals surface area contributed by atoms with Crippen LogP contribution in [0.1, 0.15) is 23.5 Å². The maximum absolute atomic E-state index is 12.9. The number of amides is 1. The van der Waals surface area contributed by atoms with E-state index in [2.05, 4.69) is 4.98 Å². The van der Waals surface area contributed by atoms with Crippen LogP contribution in [0.5, 0.6) is 11.5 Å². The SMILES string of the molecule is COc1cc2c(cc1OC)CN(C(=O)CN(C)Cc1nccn1C(F)F)CC2. The number of imidazole rings is 1. The number of ether oxygens (including phenoxy) is 2. The Kier molecular flexibility index (Phi) is 6.13. The monoisotopic (exact) mass is 394 g/mol. The fourth-order valence-electron chi connectivity index (χ4n) is 3.37. The van der Waals surface area contributed by atoms with Gasteiger partial charge in [0.2, 0.25) is 5.91 Å². The van der Waals surface area contributed by atoms with Crippen molar-refractivity contribution in [3.05, 3.63) is 41.5 Å². The van der Waals surface area contributed by atoms with Gasteiger partial charge in [0.25, 0.3) is 0 Å². The van der Waals surface area contributed by atoms with E-state index >= 15 is 0 Å². The highest BCUT2D eigenvalue weighted by atomic mass is 19.3. The second-order valence-electron chi connectivity index (χ2n) is 6.74. The molecule has 0 spiro atoms. The maximum atomic E-state index is 12.9. The highest BCUT2D eigenvalue weighted by Crippen LogP contribution is 2.33. The second-order valence-corrected chi connectivity index (χ2v) is 6.74. The molecule has 1 amide bonds. The molecule has 9 heteroatoms. The number of hydrogen-bond acceptors (Lipinski definition) is 5. The summed E-state index contributed by atoms with van der Waals surface area (Å²) in [6.45, 7) is -1.28. The molecule has 0 bridgehead atoms. The van der Waals surface area contributed by atoms with Crippen LogP contribution in [-0.4, -0.2) is 59.6 Å². The Morgan fingerprint density at radius 2 is 1.93 bits per heavy atom. The van der Waals surface area contributed by atoms with Gasteiger partial charge in [-0.3, -0.25) is 14.3 Å². The zero-order valence-electron chi connectivity index (χ0n) is 16.2. The number of fused-ring (bicyclic) bond motifs is 1. The summed E-state index contributed by atoms with van der Waals surface area (Å²) in [6.07, 6.45) is 3.29. The lowest BCUT2D eigenvalue weighted by Gasteiger charge is -2.31. The first-order chi connectivity index (χ1) is 13.4. The average molecular weight is 394 g/mol. The molecule has 0 N–H and O–H groups in total. The summed E-state index contributed by atoms with van der Waals surface area (Å²) in [5, 5.41) is 0. The third-order valence-electron chi connectivity index (χ3n) is 4.85. The lowest BCUT2D eigenvalue weighted by molar-refractivity contribution is -0.133. The Hall–Kier alpha value is -2.68. The number of aromatic nitrogens is 2. The molecule has 2 heterocycles. The molecule has 1 aromatic carbocycles. The van der Waals surface area contributed by atoms with Crippen LogP contribution in [0, 0.1) is 0 Å². The molecule has 7 nitrogen and oxygen atoms in total. The van der Waals surface area contributed by atoms with Crippen molar-refractivity contribution >= 4 is 5.91 Å². The van der Waals surface area contributed by atoms with Crippen molar-refractivity contribution in [2.24, 2.45) is 0 Å². The van der Waals surface area contributed by atoms with Crippen molar-refractivity contribution in [1.29, 1.82) is 0 Å². The molecule has 1 aromatic heterocycles. The summed E-state index contributed by atoms with van der Waals surface area (Å²) in [4.78, 5) is 20.1. The zero-order valence-corrected chi connectivity index (χ0v) is 16.2. The predicted octanol–water partition coefficient (Wildman–Crippen LogP) is 2.31. The summed E-state index contributed by atoms with van der Waals surface area (Å²) >= 11 is 0. The minimum atomic E-state index is -2.65. The van der Waals surface area contributed by atoms with E-state index in [9.17, 15) is 13.6 Å². The zero-order chi connectivity index (χ0) is 20.3. The summed E-state index contributed by atoms with van der Waals surface area (Å²) in [5.41, 5.74) is 2.15. The minimum absolute atomic E-state index is 0.0573. The normalized spacial score (nSPS) is 13.8. The molecule has 1 aliphatic rings. The Bertz CT molecular complexity index is 841. The Labute approximate surface area is 162 Å². The Morgan fingerprint density at radius 1 is 1.25 bits per heavy atom. The Balaban J connectivity index is 1.63. The number of halogens is 2. The lowest BCUT2D eigenvalue weighted by atomic mass is 9.98. The molecular formula is C19H24F2N4O3. The van der Waals surface area contributed by atoms with Crippen LogP contribution in [0.25, 0.3) is 0 Å². The minimum Gasteiger partial charge on any atom is -0.493 e. The van der Waals surface area contributed by atoms with Gasteiger partial charge in [-0.15, -0.1) is 0 Å². The van der Waals surface area contributed by atoms with Crippen molar-refractivity contribution < 1.29 is 23.0 Å². The van der Waals surface area contributed by atoms with Crippen LogP contribution >= 0.6 is 0 Å². The molecule has 1 aliphatic heterocycles.